The lowest BCUT2D eigenvalue weighted by Crippen LogP contribution is -2.40. The highest BCUT2D eigenvalue weighted by Gasteiger charge is 2.29. The molecule has 3 rings (SSSR count). The van der Waals surface area contributed by atoms with Crippen LogP contribution in [0.25, 0.3) is 0 Å². The Kier molecular flexibility index (Phi) is 4.90. The highest BCUT2D eigenvalue weighted by molar-refractivity contribution is 5.99. The highest BCUT2D eigenvalue weighted by Crippen LogP contribution is 2.23. The van der Waals surface area contributed by atoms with Gasteiger partial charge in [-0.3, -0.25) is 9.59 Å². The zero-order valence-electron chi connectivity index (χ0n) is 13.6. The monoisotopic (exact) mass is 336 g/mol. The second kappa shape index (κ2) is 7.27. The van der Waals surface area contributed by atoms with E-state index in [1.54, 1.807) is 29.2 Å². The van der Waals surface area contributed by atoms with Gasteiger partial charge in [0.25, 0.3) is 5.91 Å². The number of amides is 1. The molecular weight excluding hydrogens is 319 g/mol. The molecule has 0 atom stereocenters. The molecule has 1 heterocycles. The van der Waals surface area contributed by atoms with Gasteiger partial charge in [-0.25, -0.2) is 4.39 Å². The molecule has 1 fully saturated rings. The van der Waals surface area contributed by atoms with Crippen molar-refractivity contribution in [1.29, 1.82) is 5.26 Å². The predicted molar refractivity (Wildman–Crippen MR) is 90.5 cm³/mol. The molecule has 0 unspecified atom stereocenters. The van der Waals surface area contributed by atoms with Gasteiger partial charge in [0.2, 0.25) is 0 Å². The zero-order chi connectivity index (χ0) is 17.8. The molecule has 0 saturated carbocycles. The van der Waals surface area contributed by atoms with E-state index in [-0.39, 0.29) is 23.4 Å². The fraction of sp³-hybridized carbons (Fsp3) is 0.250. The third-order valence-corrected chi connectivity index (χ3v) is 4.56. The Morgan fingerprint density at radius 1 is 1.04 bits per heavy atom. The molecule has 1 saturated heterocycles. The number of Topliss-reactive ketones (excluding diaryl/α,β-unsaturated/α-hetero) is 1. The van der Waals surface area contributed by atoms with E-state index in [1.807, 2.05) is 6.07 Å². The maximum absolute atomic E-state index is 13.0. The first-order chi connectivity index (χ1) is 12.1. The SMILES string of the molecule is N#Cc1ccccc1C(=O)N1CCC(C(=O)c2ccc(F)cc2)CC1. The van der Waals surface area contributed by atoms with Gasteiger partial charge in [0, 0.05) is 24.6 Å². The second-order valence-corrected chi connectivity index (χ2v) is 6.10. The Labute approximate surface area is 145 Å². The van der Waals surface area contributed by atoms with Crippen LogP contribution in [-0.2, 0) is 0 Å². The van der Waals surface area contributed by atoms with Crippen LogP contribution in [0.4, 0.5) is 4.39 Å². The van der Waals surface area contributed by atoms with E-state index >= 15 is 0 Å². The molecule has 5 heteroatoms. The minimum atomic E-state index is -0.367. The normalized spacial score (nSPS) is 14.8. The van der Waals surface area contributed by atoms with Gasteiger partial charge in [-0.05, 0) is 49.2 Å². The minimum absolute atomic E-state index is 0.00970. The van der Waals surface area contributed by atoms with Crippen molar-refractivity contribution in [1.82, 2.24) is 4.90 Å². The Morgan fingerprint density at radius 2 is 1.68 bits per heavy atom. The van der Waals surface area contributed by atoms with Crippen LogP contribution in [0.1, 0.15) is 39.1 Å². The summed E-state index contributed by atoms with van der Waals surface area (Å²) >= 11 is 0. The van der Waals surface area contributed by atoms with Gasteiger partial charge >= 0.3 is 0 Å². The molecule has 0 aliphatic carbocycles. The Morgan fingerprint density at radius 3 is 2.32 bits per heavy atom. The topological polar surface area (TPSA) is 61.2 Å². The van der Waals surface area contributed by atoms with Crippen molar-refractivity contribution in [2.24, 2.45) is 5.92 Å². The average molecular weight is 336 g/mol. The quantitative estimate of drug-likeness (QED) is 0.807. The second-order valence-electron chi connectivity index (χ2n) is 6.10. The van der Waals surface area contributed by atoms with Gasteiger partial charge in [-0.15, -0.1) is 0 Å². The van der Waals surface area contributed by atoms with Crippen LogP contribution < -0.4 is 0 Å². The van der Waals surface area contributed by atoms with Crippen LogP contribution in [0.2, 0.25) is 0 Å². The summed E-state index contributed by atoms with van der Waals surface area (Å²) in [6.45, 7) is 0.937. The van der Waals surface area contributed by atoms with Crippen LogP contribution in [0.5, 0.6) is 0 Å². The summed E-state index contributed by atoms with van der Waals surface area (Å²) in [7, 11) is 0. The number of piperidine rings is 1. The number of hydrogen-bond acceptors (Lipinski definition) is 3. The van der Waals surface area contributed by atoms with Crippen molar-refractivity contribution in [2.75, 3.05) is 13.1 Å². The number of hydrogen-bond donors (Lipinski definition) is 0. The number of benzene rings is 2. The van der Waals surface area contributed by atoms with Crippen molar-refractivity contribution in [2.45, 2.75) is 12.8 Å². The average Bonchev–Trinajstić information content (AvgIpc) is 2.67. The maximum Gasteiger partial charge on any atom is 0.255 e. The number of nitrogens with zero attached hydrogens (tertiary/aromatic N) is 2. The lowest BCUT2D eigenvalue weighted by atomic mass is 9.88. The maximum atomic E-state index is 13.0. The van der Waals surface area contributed by atoms with Gasteiger partial charge in [0.1, 0.15) is 5.82 Å². The lowest BCUT2D eigenvalue weighted by molar-refractivity contribution is 0.0650. The molecule has 1 aliphatic heterocycles. The van der Waals surface area contributed by atoms with Gasteiger partial charge < -0.3 is 4.90 Å². The van der Waals surface area contributed by atoms with E-state index in [1.165, 1.54) is 24.3 Å². The van der Waals surface area contributed by atoms with Crippen molar-refractivity contribution < 1.29 is 14.0 Å². The van der Waals surface area contributed by atoms with Crippen LogP contribution in [0.3, 0.4) is 0 Å². The molecule has 0 N–H and O–H groups in total. The summed E-state index contributed by atoms with van der Waals surface area (Å²) in [5, 5.41) is 9.13. The molecule has 1 aliphatic rings. The van der Waals surface area contributed by atoms with Crippen molar-refractivity contribution in [3.8, 4) is 6.07 Å². The minimum Gasteiger partial charge on any atom is -0.339 e. The van der Waals surface area contributed by atoms with Gasteiger partial charge in [-0.1, -0.05) is 12.1 Å². The molecule has 0 spiro atoms. The smallest absolute Gasteiger partial charge is 0.255 e. The summed E-state index contributed by atoms with van der Waals surface area (Å²) in [6.07, 6.45) is 1.13. The number of carbonyl (C=O) groups excluding carboxylic acids is 2. The molecule has 2 aromatic rings. The fourth-order valence-electron chi connectivity index (χ4n) is 3.13. The van der Waals surface area contributed by atoms with Gasteiger partial charge in [0.05, 0.1) is 17.2 Å². The molecule has 126 valence electrons. The van der Waals surface area contributed by atoms with E-state index in [0.717, 1.165) is 0 Å². The van der Waals surface area contributed by atoms with Gasteiger partial charge in [0.15, 0.2) is 5.78 Å². The molecule has 2 aromatic carbocycles. The lowest BCUT2D eigenvalue weighted by Gasteiger charge is -2.31. The number of rotatable bonds is 3. The molecule has 4 nitrogen and oxygen atoms in total. The first-order valence-electron chi connectivity index (χ1n) is 8.18. The molecule has 0 aromatic heterocycles. The van der Waals surface area contributed by atoms with Gasteiger partial charge in [-0.2, -0.15) is 5.26 Å². The van der Waals surface area contributed by atoms with Crippen LogP contribution >= 0.6 is 0 Å². The van der Waals surface area contributed by atoms with E-state index in [2.05, 4.69) is 0 Å². The Balaban J connectivity index is 1.65. The number of likely N-dealkylation sites (tertiary alicyclic amines) is 1. The van der Waals surface area contributed by atoms with E-state index in [0.29, 0.717) is 42.6 Å². The molecule has 25 heavy (non-hydrogen) atoms. The summed E-state index contributed by atoms with van der Waals surface area (Å²) in [5.74, 6) is -0.719. The summed E-state index contributed by atoms with van der Waals surface area (Å²) in [4.78, 5) is 26.8. The summed E-state index contributed by atoms with van der Waals surface area (Å²) in [6, 6.07) is 14.3. The van der Waals surface area contributed by atoms with Crippen molar-refractivity contribution in [3.63, 3.8) is 0 Å². The van der Waals surface area contributed by atoms with Crippen LogP contribution in [0, 0.1) is 23.1 Å². The summed E-state index contributed by atoms with van der Waals surface area (Å²) < 4.78 is 13.0. The Bertz CT molecular complexity index is 832. The predicted octanol–water partition coefficient (Wildman–Crippen LogP) is 3.43. The van der Waals surface area contributed by atoms with Crippen LogP contribution in [-0.4, -0.2) is 29.7 Å². The van der Waals surface area contributed by atoms with E-state index < -0.39 is 0 Å². The van der Waals surface area contributed by atoms with Crippen LogP contribution in [0.15, 0.2) is 48.5 Å². The highest BCUT2D eigenvalue weighted by atomic mass is 19.1. The zero-order valence-corrected chi connectivity index (χ0v) is 13.6. The fourth-order valence-corrected chi connectivity index (χ4v) is 3.13. The first kappa shape index (κ1) is 16.8. The standard InChI is InChI=1S/C20H17FN2O2/c21-17-7-5-14(6-8-17)19(24)15-9-11-23(12-10-15)20(25)18-4-2-1-3-16(18)13-22/h1-8,15H,9-12H2. The third kappa shape index (κ3) is 3.58. The van der Waals surface area contributed by atoms with Crippen molar-refractivity contribution >= 4 is 11.7 Å². The Hall–Kier alpha value is -3.00. The largest absolute Gasteiger partial charge is 0.339 e. The van der Waals surface area contributed by atoms with E-state index in [4.69, 9.17) is 5.26 Å². The van der Waals surface area contributed by atoms with E-state index in [9.17, 15) is 14.0 Å². The summed E-state index contributed by atoms with van der Waals surface area (Å²) in [5.41, 5.74) is 1.26. The molecular formula is C20H17FN2O2. The first-order valence-corrected chi connectivity index (χ1v) is 8.18. The number of halogens is 1. The number of ketones is 1. The molecule has 0 bridgehead atoms. The van der Waals surface area contributed by atoms with Crippen molar-refractivity contribution in [3.05, 3.63) is 71.0 Å². The molecule has 1 amide bonds. The molecule has 0 radical (unpaired) electrons. The third-order valence-electron chi connectivity index (χ3n) is 4.56. The number of carbonyl (C=O) groups is 2. The number of nitriles is 1.